The molecule has 0 aliphatic rings. The fourth-order valence-electron chi connectivity index (χ4n) is 3.93. The molecule has 0 radical (unpaired) electrons. The summed E-state index contributed by atoms with van der Waals surface area (Å²) in [5.74, 6) is -0.727. The summed E-state index contributed by atoms with van der Waals surface area (Å²) in [6.45, 7) is 3.60. The minimum atomic E-state index is -3.91. The second-order valence-corrected chi connectivity index (χ2v) is 10.3. The average Bonchev–Trinajstić information content (AvgIpc) is 2.84. The first-order chi connectivity index (χ1) is 16.2. The highest BCUT2D eigenvalue weighted by Gasteiger charge is 2.31. The van der Waals surface area contributed by atoms with Gasteiger partial charge in [-0.05, 0) is 47.4 Å². The van der Waals surface area contributed by atoms with Crippen molar-refractivity contribution in [3.63, 3.8) is 0 Å². The number of carbonyl (C=O) groups is 2. The Kier molecular flexibility index (Phi) is 8.06. The largest absolute Gasteiger partial charge is 0.357 e. The summed E-state index contributed by atoms with van der Waals surface area (Å²) >= 11 is 0. The summed E-state index contributed by atoms with van der Waals surface area (Å²) in [6, 6.07) is 19.3. The molecule has 0 spiro atoms. The van der Waals surface area contributed by atoms with Gasteiger partial charge in [0, 0.05) is 20.6 Å². The number of hydrogen-bond acceptors (Lipinski definition) is 4. The predicted octanol–water partition coefficient (Wildman–Crippen LogP) is 3.32. The molecule has 0 heterocycles. The van der Waals surface area contributed by atoms with Crippen molar-refractivity contribution in [2.24, 2.45) is 0 Å². The number of rotatable bonds is 9. The van der Waals surface area contributed by atoms with Crippen molar-refractivity contribution >= 4 is 32.6 Å². The van der Waals surface area contributed by atoms with E-state index in [9.17, 15) is 18.0 Å². The van der Waals surface area contributed by atoms with Crippen LogP contribution in [0.2, 0.25) is 0 Å². The maximum Gasteiger partial charge on any atom is 0.243 e. The first-order valence-electron chi connectivity index (χ1n) is 11.2. The molecule has 1 N–H and O–H groups in total. The van der Waals surface area contributed by atoms with Gasteiger partial charge in [-0.1, -0.05) is 61.5 Å². The molecule has 7 nitrogen and oxygen atoms in total. The Morgan fingerprint density at radius 1 is 0.971 bits per heavy atom. The molecule has 180 valence electrons. The fourth-order valence-corrected chi connectivity index (χ4v) is 5.09. The number of fused-ring (bicyclic) bond motifs is 1. The summed E-state index contributed by atoms with van der Waals surface area (Å²) in [6.07, 6.45) is 0.401. The zero-order chi connectivity index (χ0) is 24.9. The van der Waals surface area contributed by atoms with E-state index in [1.165, 1.54) is 19.0 Å². The summed E-state index contributed by atoms with van der Waals surface area (Å²) in [5, 5.41) is 4.35. The number of likely N-dealkylation sites (N-methyl/N-ethyl adjacent to an activating group) is 2. The van der Waals surface area contributed by atoms with Crippen molar-refractivity contribution in [1.82, 2.24) is 14.5 Å². The predicted molar refractivity (Wildman–Crippen MR) is 134 cm³/mol. The van der Waals surface area contributed by atoms with E-state index in [0.717, 1.165) is 26.2 Å². The van der Waals surface area contributed by atoms with Crippen LogP contribution in [0, 0.1) is 6.92 Å². The minimum Gasteiger partial charge on any atom is -0.357 e. The van der Waals surface area contributed by atoms with Crippen LogP contribution >= 0.6 is 0 Å². The molecule has 1 atom stereocenters. The van der Waals surface area contributed by atoms with Gasteiger partial charge in [-0.3, -0.25) is 9.59 Å². The Morgan fingerprint density at radius 3 is 2.26 bits per heavy atom. The molecule has 0 fully saturated rings. The van der Waals surface area contributed by atoms with Crippen LogP contribution in [0.1, 0.15) is 24.5 Å². The number of amides is 2. The number of hydrogen-bond donors (Lipinski definition) is 1. The Morgan fingerprint density at radius 2 is 1.62 bits per heavy atom. The van der Waals surface area contributed by atoms with E-state index in [0.29, 0.717) is 6.42 Å². The van der Waals surface area contributed by atoms with Gasteiger partial charge >= 0.3 is 0 Å². The van der Waals surface area contributed by atoms with E-state index in [4.69, 9.17) is 0 Å². The number of aryl methyl sites for hydroxylation is 1. The second-order valence-electron chi connectivity index (χ2n) is 8.26. The van der Waals surface area contributed by atoms with Crippen molar-refractivity contribution in [2.75, 3.05) is 20.6 Å². The molecular weight excluding hydrogens is 450 g/mol. The molecule has 3 rings (SSSR count). The number of benzene rings is 3. The fraction of sp³-hybridized carbons (Fsp3) is 0.308. The molecule has 0 unspecified atom stereocenters. The van der Waals surface area contributed by atoms with Gasteiger partial charge in [0.25, 0.3) is 0 Å². The molecule has 0 bridgehead atoms. The Balaban J connectivity index is 1.89. The Labute approximate surface area is 201 Å². The molecule has 34 heavy (non-hydrogen) atoms. The lowest BCUT2D eigenvalue weighted by molar-refractivity contribution is -0.141. The Bertz CT molecular complexity index is 1290. The van der Waals surface area contributed by atoms with Gasteiger partial charge in [-0.25, -0.2) is 8.42 Å². The van der Waals surface area contributed by atoms with E-state index in [-0.39, 0.29) is 23.9 Å². The van der Waals surface area contributed by atoms with E-state index in [1.54, 1.807) is 18.2 Å². The topological polar surface area (TPSA) is 86.8 Å². The van der Waals surface area contributed by atoms with Gasteiger partial charge in [0.1, 0.15) is 6.04 Å². The van der Waals surface area contributed by atoms with Gasteiger partial charge in [0.15, 0.2) is 0 Å². The van der Waals surface area contributed by atoms with Gasteiger partial charge in [0.05, 0.1) is 11.4 Å². The second kappa shape index (κ2) is 10.8. The quantitative estimate of drug-likeness (QED) is 0.508. The van der Waals surface area contributed by atoms with Gasteiger partial charge < -0.3 is 10.2 Å². The van der Waals surface area contributed by atoms with Crippen LogP contribution in [0.4, 0.5) is 0 Å². The van der Waals surface area contributed by atoms with Gasteiger partial charge in [0.2, 0.25) is 21.8 Å². The zero-order valence-corrected chi connectivity index (χ0v) is 20.8. The van der Waals surface area contributed by atoms with Gasteiger partial charge in [-0.2, -0.15) is 4.31 Å². The first kappa shape index (κ1) is 25.4. The van der Waals surface area contributed by atoms with Crippen LogP contribution in [0.5, 0.6) is 0 Å². The third-order valence-electron chi connectivity index (χ3n) is 6.02. The monoisotopic (exact) mass is 481 g/mol. The third-order valence-corrected chi connectivity index (χ3v) is 7.82. The van der Waals surface area contributed by atoms with Crippen molar-refractivity contribution in [3.8, 4) is 0 Å². The molecule has 2 amide bonds. The van der Waals surface area contributed by atoms with Crippen LogP contribution in [-0.4, -0.2) is 56.1 Å². The van der Waals surface area contributed by atoms with E-state index in [1.807, 2.05) is 62.4 Å². The lowest BCUT2D eigenvalue weighted by Crippen LogP contribution is -2.51. The van der Waals surface area contributed by atoms with Gasteiger partial charge in [-0.15, -0.1) is 0 Å². The van der Waals surface area contributed by atoms with Crippen LogP contribution in [0.25, 0.3) is 10.8 Å². The number of carbonyl (C=O) groups excluding carboxylic acids is 2. The lowest BCUT2D eigenvalue weighted by atomic mass is 10.1. The molecule has 0 aliphatic carbocycles. The smallest absolute Gasteiger partial charge is 0.243 e. The highest BCUT2D eigenvalue weighted by Crippen LogP contribution is 2.22. The normalized spacial score (nSPS) is 12.5. The highest BCUT2D eigenvalue weighted by molar-refractivity contribution is 7.89. The first-order valence-corrected chi connectivity index (χ1v) is 12.6. The Hall–Kier alpha value is -3.23. The summed E-state index contributed by atoms with van der Waals surface area (Å²) in [5.41, 5.74) is 1.89. The highest BCUT2D eigenvalue weighted by atomic mass is 32.2. The lowest BCUT2D eigenvalue weighted by Gasteiger charge is -2.32. The van der Waals surface area contributed by atoms with Crippen LogP contribution < -0.4 is 5.32 Å². The number of sulfonamides is 1. The molecule has 0 aliphatic heterocycles. The third kappa shape index (κ3) is 5.46. The van der Waals surface area contributed by atoms with E-state index in [2.05, 4.69) is 5.32 Å². The van der Waals surface area contributed by atoms with Crippen LogP contribution in [0.15, 0.2) is 71.6 Å². The maximum atomic E-state index is 13.4. The minimum absolute atomic E-state index is 0.116. The molecule has 3 aromatic carbocycles. The standard InChI is InChI=1S/C26H31N3O4S/c1-5-24(26(31)27-3)29(17-22-13-7-6-10-19(22)2)25(30)18-28(4)34(32,33)23-15-14-20-11-8-9-12-21(20)16-23/h6-16,24H,5,17-18H2,1-4H3,(H,27,31)/t24-/m1/s1. The molecule has 0 saturated carbocycles. The van der Waals surface area contributed by atoms with Crippen molar-refractivity contribution in [2.45, 2.75) is 37.8 Å². The molecular formula is C26H31N3O4S. The molecule has 0 saturated heterocycles. The van der Waals surface area contributed by atoms with Crippen molar-refractivity contribution in [3.05, 3.63) is 77.9 Å². The van der Waals surface area contributed by atoms with Crippen molar-refractivity contribution in [1.29, 1.82) is 0 Å². The number of nitrogens with zero attached hydrogens (tertiary/aromatic N) is 2. The van der Waals surface area contributed by atoms with Crippen LogP contribution in [0.3, 0.4) is 0 Å². The maximum absolute atomic E-state index is 13.4. The summed E-state index contributed by atoms with van der Waals surface area (Å²) in [7, 11) is -1.00. The zero-order valence-electron chi connectivity index (χ0n) is 20.0. The number of nitrogens with one attached hydrogen (secondary N) is 1. The molecule has 0 aromatic heterocycles. The summed E-state index contributed by atoms with van der Waals surface area (Å²) in [4.78, 5) is 27.6. The van der Waals surface area contributed by atoms with E-state index < -0.39 is 22.0 Å². The van der Waals surface area contributed by atoms with E-state index >= 15 is 0 Å². The average molecular weight is 482 g/mol. The summed E-state index contributed by atoms with van der Waals surface area (Å²) < 4.78 is 27.5. The van der Waals surface area contributed by atoms with Crippen LogP contribution in [-0.2, 0) is 26.2 Å². The SMILES string of the molecule is CC[C@H](C(=O)NC)N(Cc1ccccc1C)C(=O)CN(C)S(=O)(=O)c1ccc2ccccc2c1. The van der Waals surface area contributed by atoms with Crippen molar-refractivity contribution < 1.29 is 18.0 Å². The molecule has 8 heteroatoms. The molecule has 3 aromatic rings.